The number of sulfone groups is 1. The fraction of sp³-hybridized carbons (Fsp3) is 0.0870. The van der Waals surface area contributed by atoms with E-state index in [-0.39, 0.29) is 22.0 Å². The summed E-state index contributed by atoms with van der Waals surface area (Å²) in [6.07, 6.45) is 2.53. The summed E-state index contributed by atoms with van der Waals surface area (Å²) in [5.74, 6) is -0.486. The van der Waals surface area contributed by atoms with Crippen LogP contribution in [0.4, 0.5) is 8.78 Å². The summed E-state index contributed by atoms with van der Waals surface area (Å²) in [6.45, 7) is 0. The Balaban J connectivity index is 1.80. The maximum Gasteiger partial charge on any atom is 0.175 e. The molecule has 31 heavy (non-hydrogen) atoms. The average molecular weight is 441 g/mol. The number of para-hydroxylation sites is 1. The van der Waals surface area contributed by atoms with Crippen molar-refractivity contribution in [2.75, 3.05) is 13.4 Å². The van der Waals surface area contributed by atoms with Gasteiger partial charge in [0.2, 0.25) is 0 Å². The molecule has 0 saturated heterocycles. The van der Waals surface area contributed by atoms with E-state index >= 15 is 0 Å². The minimum absolute atomic E-state index is 0.0146. The van der Waals surface area contributed by atoms with Crippen LogP contribution in [0.15, 0.2) is 71.8 Å². The topological polar surface area (TPSA) is 65.5 Å². The number of hydrogen-bond acceptors (Lipinski definition) is 5. The number of rotatable bonds is 5. The average Bonchev–Trinajstić information content (AvgIpc) is 2.73. The Hall–Kier alpha value is -3.52. The first-order valence-electron chi connectivity index (χ1n) is 9.16. The Morgan fingerprint density at radius 3 is 2.45 bits per heavy atom. The zero-order valence-corrected chi connectivity index (χ0v) is 17.4. The van der Waals surface area contributed by atoms with Crippen molar-refractivity contribution in [3.63, 3.8) is 0 Å². The first-order valence-corrected chi connectivity index (χ1v) is 11.1. The largest absolute Gasteiger partial charge is 0.494 e. The number of hydrogen-bond donors (Lipinski definition) is 0. The van der Waals surface area contributed by atoms with E-state index in [0.717, 1.165) is 18.4 Å². The van der Waals surface area contributed by atoms with Crippen molar-refractivity contribution in [3.8, 4) is 28.4 Å². The van der Waals surface area contributed by atoms with Gasteiger partial charge < -0.3 is 9.47 Å². The highest BCUT2D eigenvalue weighted by Gasteiger charge is 2.15. The van der Waals surface area contributed by atoms with Crippen molar-refractivity contribution < 1.29 is 26.7 Å². The van der Waals surface area contributed by atoms with E-state index in [1.165, 1.54) is 31.4 Å². The summed E-state index contributed by atoms with van der Waals surface area (Å²) >= 11 is 0. The highest BCUT2D eigenvalue weighted by atomic mass is 32.2. The Bertz CT molecular complexity index is 1400. The predicted octanol–water partition coefficient (Wildman–Crippen LogP) is 5.38. The molecule has 8 heteroatoms. The smallest absolute Gasteiger partial charge is 0.175 e. The van der Waals surface area contributed by atoms with Gasteiger partial charge in [0.05, 0.1) is 12.0 Å². The Morgan fingerprint density at radius 1 is 0.903 bits per heavy atom. The lowest BCUT2D eigenvalue weighted by atomic mass is 10.0. The number of ether oxygens (including phenoxy) is 2. The summed E-state index contributed by atoms with van der Waals surface area (Å²) in [7, 11) is -2.10. The molecular formula is C23H17F2NO4S. The molecule has 0 saturated carbocycles. The second-order valence-corrected chi connectivity index (χ2v) is 8.87. The minimum Gasteiger partial charge on any atom is -0.494 e. The number of pyridine rings is 1. The van der Waals surface area contributed by atoms with Gasteiger partial charge in [-0.1, -0.05) is 12.1 Å². The third-order valence-electron chi connectivity index (χ3n) is 4.69. The van der Waals surface area contributed by atoms with E-state index in [2.05, 4.69) is 4.98 Å². The van der Waals surface area contributed by atoms with Crippen LogP contribution in [0, 0.1) is 11.6 Å². The molecule has 0 fully saturated rings. The van der Waals surface area contributed by atoms with E-state index in [0.29, 0.717) is 22.2 Å². The molecule has 0 spiro atoms. The van der Waals surface area contributed by atoms with Gasteiger partial charge >= 0.3 is 0 Å². The Labute approximate surface area is 177 Å². The number of methoxy groups -OCH3 is 1. The van der Waals surface area contributed by atoms with Crippen LogP contribution in [0.1, 0.15) is 0 Å². The monoisotopic (exact) mass is 441 g/mol. The molecule has 0 bridgehead atoms. The molecule has 0 radical (unpaired) electrons. The fourth-order valence-electron chi connectivity index (χ4n) is 3.27. The van der Waals surface area contributed by atoms with Crippen LogP contribution >= 0.6 is 0 Å². The second-order valence-electron chi connectivity index (χ2n) is 6.85. The van der Waals surface area contributed by atoms with E-state index in [4.69, 9.17) is 9.47 Å². The molecule has 5 nitrogen and oxygen atoms in total. The van der Waals surface area contributed by atoms with E-state index in [9.17, 15) is 17.2 Å². The molecule has 0 unspecified atom stereocenters. The van der Waals surface area contributed by atoms with Crippen LogP contribution in [0.5, 0.6) is 17.2 Å². The third-order valence-corrected chi connectivity index (χ3v) is 5.78. The van der Waals surface area contributed by atoms with Gasteiger partial charge in [0, 0.05) is 29.5 Å². The molecule has 4 rings (SSSR count). The lowest BCUT2D eigenvalue weighted by Crippen LogP contribution is -1.99. The third kappa shape index (κ3) is 4.20. The zero-order chi connectivity index (χ0) is 22.2. The van der Waals surface area contributed by atoms with Crippen LogP contribution in [0.2, 0.25) is 0 Å². The Kier molecular flexibility index (Phi) is 5.32. The molecule has 4 aromatic rings. The van der Waals surface area contributed by atoms with E-state index in [1.807, 2.05) is 0 Å². The summed E-state index contributed by atoms with van der Waals surface area (Å²) in [4.78, 5) is 4.11. The number of benzene rings is 3. The van der Waals surface area contributed by atoms with Crippen LogP contribution < -0.4 is 9.47 Å². The number of nitrogens with zero attached hydrogens (tertiary/aromatic N) is 1. The molecule has 1 aromatic heterocycles. The van der Waals surface area contributed by atoms with Gasteiger partial charge in [0.25, 0.3) is 0 Å². The molecule has 0 aliphatic carbocycles. The van der Waals surface area contributed by atoms with Crippen LogP contribution in [-0.4, -0.2) is 26.8 Å². The van der Waals surface area contributed by atoms with Crippen molar-refractivity contribution in [1.29, 1.82) is 0 Å². The first kappa shape index (κ1) is 20.7. The first-order chi connectivity index (χ1) is 14.8. The quantitative estimate of drug-likeness (QED) is 0.416. The standard InChI is InChI=1S/C23H17F2NO4S/c1-29-22-5-3-4-19-18(8-9-26-23(19)22)20-13-15(6-7-21(20)25)30-16-10-14(24)11-17(12-16)31(2,27)28/h3-13H,1-2H3. The summed E-state index contributed by atoms with van der Waals surface area (Å²) in [5, 5.41) is 0.683. The molecule has 0 amide bonds. The van der Waals surface area contributed by atoms with Crippen molar-refractivity contribution in [2.24, 2.45) is 0 Å². The SMILES string of the molecule is COc1cccc2c(-c3cc(Oc4cc(F)cc(S(C)(=O)=O)c4)ccc3F)ccnc12. The number of aromatic nitrogens is 1. The molecule has 0 atom stereocenters. The van der Waals surface area contributed by atoms with Gasteiger partial charge in [0.15, 0.2) is 9.84 Å². The Morgan fingerprint density at radius 2 is 1.71 bits per heavy atom. The summed E-state index contributed by atoms with van der Waals surface area (Å²) in [6, 6.07) is 14.3. The summed E-state index contributed by atoms with van der Waals surface area (Å²) < 4.78 is 63.2. The lowest BCUT2D eigenvalue weighted by molar-refractivity contribution is 0.419. The van der Waals surface area contributed by atoms with Gasteiger partial charge in [-0.3, -0.25) is 4.98 Å². The maximum atomic E-state index is 14.7. The molecule has 0 aliphatic rings. The van der Waals surface area contributed by atoms with Gasteiger partial charge in [-0.05, 0) is 48.0 Å². The van der Waals surface area contributed by atoms with Gasteiger partial charge in [-0.2, -0.15) is 0 Å². The van der Waals surface area contributed by atoms with Crippen molar-refractivity contribution in [2.45, 2.75) is 4.90 Å². The van der Waals surface area contributed by atoms with Crippen molar-refractivity contribution >= 4 is 20.7 Å². The van der Waals surface area contributed by atoms with Crippen LogP contribution in [-0.2, 0) is 9.84 Å². The van der Waals surface area contributed by atoms with Gasteiger partial charge in [-0.15, -0.1) is 0 Å². The molecule has 158 valence electrons. The van der Waals surface area contributed by atoms with Crippen molar-refractivity contribution in [3.05, 3.63) is 78.5 Å². The van der Waals surface area contributed by atoms with E-state index < -0.39 is 21.5 Å². The molecule has 1 heterocycles. The predicted molar refractivity (Wildman–Crippen MR) is 113 cm³/mol. The maximum absolute atomic E-state index is 14.7. The van der Waals surface area contributed by atoms with Gasteiger partial charge in [-0.25, -0.2) is 17.2 Å². The lowest BCUT2D eigenvalue weighted by Gasteiger charge is -2.12. The fourth-order valence-corrected chi connectivity index (χ4v) is 3.93. The normalized spacial score (nSPS) is 11.5. The molecular weight excluding hydrogens is 424 g/mol. The highest BCUT2D eigenvalue weighted by molar-refractivity contribution is 7.90. The van der Waals surface area contributed by atoms with Crippen molar-refractivity contribution in [1.82, 2.24) is 4.98 Å². The minimum atomic E-state index is -3.63. The highest BCUT2D eigenvalue weighted by Crippen LogP contribution is 2.36. The van der Waals surface area contributed by atoms with Gasteiger partial charge in [0.1, 0.15) is 34.4 Å². The number of fused-ring (bicyclic) bond motifs is 1. The molecule has 0 N–H and O–H groups in total. The second kappa shape index (κ2) is 7.96. The zero-order valence-electron chi connectivity index (χ0n) is 16.6. The molecule has 0 aliphatic heterocycles. The van der Waals surface area contributed by atoms with Crippen LogP contribution in [0.25, 0.3) is 22.0 Å². The summed E-state index contributed by atoms with van der Waals surface area (Å²) in [5.41, 5.74) is 1.40. The van der Waals surface area contributed by atoms with Crippen LogP contribution in [0.3, 0.4) is 0 Å². The van der Waals surface area contributed by atoms with E-state index in [1.54, 1.807) is 30.5 Å². The molecule has 3 aromatic carbocycles. The number of halogens is 2.